The Bertz CT molecular complexity index is 1210. The molecule has 0 saturated carbocycles. The third kappa shape index (κ3) is 3.29. The molecule has 29 heavy (non-hydrogen) atoms. The molecule has 1 aliphatic rings. The van der Waals surface area contributed by atoms with E-state index in [2.05, 4.69) is 21.2 Å². The molecule has 4 aromatic rings. The van der Waals surface area contributed by atoms with E-state index < -0.39 is 0 Å². The van der Waals surface area contributed by atoms with E-state index in [0.717, 1.165) is 27.7 Å². The van der Waals surface area contributed by atoms with E-state index in [0.29, 0.717) is 36.1 Å². The minimum Gasteiger partial charge on any atom is -0.361 e. The van der Waals surface area contributed by atoms with Gasteiger partial charge in [-0.15, -0.1) is 0 Å². The average Bonchev–Trinajstić information content (AvgIpc) is 3.42. The van der Waals surface area contributed by atoms with Crippen LogP contribution in [-0.2, 0) is 11.2 Å². The highest BCUT2D eigenvalue weighted by Crippen LogP contribution is 2.33. The topological polar surface area (TPSA) is 75.0 Å². The summed E-state index contributed by atoms with van der Waals surface area (Å²) in [6, 6.07) is 13.7. The largest absolute Gasteiger partial charge is 0.361 e. The van der Waals surface area contributed by atoms with E-state index in [4.69, 9.17) is 16.1 Å². The van der Waals surface area contributed by atoms with Gasteiger partial charge < -0.3 is 14.4 Å². The molecular weight excluding hydrogens is 388 g/mol. The lowest BCUT2D eigenvalue weighted by Gasteiger charge is -2.18. The van der Waals surface area contributed by atoms with Crippen LogP contribution in [-0.4, -0.2) is 27.6 Å². The van der Waals surface area contributed by atoms with Crippen molar-refractivity contribution in [2.75, 3.05) is 11.4 Å². The van der Waals surface area contributed by atoms with E-state index in [9.17, 15) is 4.79 Å². The van der Waals surface area contributed by atoms with Crippen LogP contribution in [0.1, 0.15) is 35.2 Å². The van der Waals surface area contributed by atoms with Gasteiger partial charge in [0.15, 0.2) is 5.82 Å². The van der Waals surface area contributed by atoms with Crippen molar-refractivity contribution < 1.29 is 9.32 Å². The van der Waals surface area contributed by atoms with Crippen molar-refractivity contribution in [2.24, 2.45) is 0 Å². The lowest BCUT2D eigenvalue weighted by Crippen LogP contribution is -2.25. The zero-order chi connectivity index (χ0) is 20.0. The van der Waals surface area contributed by atoms with Gasteiger partial charge in [0.05, 0.1) is 6.42 Å². The first kappa shape index (κ1) is 17.9. The number of nitrogens with one attached hydrogen (secondary N) is 1. The fourth-order valence-corrected chi connectivity index (χ4v) is 4.21. The second-order valence-corrected chi connectivity index (χ2v) is 7.86. The summed E-state index contributed by atoms with van der Waals surface area (Å²) in [7, 11) is 0. The third-order valence-corrected chi connectivity index (χ3v) is 5.68. The van der Waals surface area contributed by atoms with Crippen molar-refractivity contribution in [1.82, 2.24) is 15.1 Å². The van der Waals surface area contributed by atoms with Crippen LogP contribution in [0.3, 0.4) is 0 Å². The number of carbonyl (C=O) groups is 1. The van der Waals surface area contributed by atoms with Crippen molar-refractivity contribution in [3.63, 3.8) is 0 Å². The van der Waals surface area contributed by atoms with Crippen molar-refractivity contribution in [2.45, 2.75) is 25.7 Å². The third-order valence-electron chi connectivity index (χ3n) is 5.44. The van der Waals surface area contributed by atoms with Crippen molar-refractivity contribution in [3.05, 3.63) is 76.5 Å². The van der Waals surface area contributed by atoms with Crippen LogP contribution in [0, 0.1) is 6.92 Å². The lowest BCUT2D eigenvalue weighted by atomic mass is 10.1. The first-order chi connectivity index (χ1) is 14.1. The van der Waals surface area contributed by atoms with Crippen LogP contribution in [0.2, 0.25) is 5.02 Å². The molecule has 1 atom stereocenters. The number of carbonyl (C=O) groups excluding carboxylic acids is 1. The van der Waals surface area contributed by atoms with Gasteiger partial charge in [-0.3, -0.25) is 4.79 Å². The summed E-state index contributed by atoms with van der Waals surface area (Å²) >= 11 is 6.04. The molecule has 2 aromatic carbocycles. The molecule has 1 fully saturated rings. The Morgan fingerprint density at radius 2 is 2.14 bits per heavy atom. The number of H-pyrrole nitrogens is 1. The second kappa shape index (κ2) is 7.04. The van der Waals surface area contributed by atoms with Crippen molar-refractivity contribution in [1.29, 1.82) is 0 Å². The molecular formula is C22H19ClN4O2. The molecule has 7 heteroatoms. The molecule has 146 valence electrons. The fourth-order valence-electron chi connectivity index (χ4n) is 3.98. The van der Waals surface area contributed by atoms with E-state index in [1.807, 2.05) is 43.5 Å². The Morgan fingerprint density at radius 3 is 3.00 bits per heavy atom. The number of hydrogen-bond donors (Lipinski definition) is 1. The highest BCUT2D eigenvalue weighted by atomic mass is 35.5. The number of fused-ring (bicyclic) bond motifs is 1. The molecule has 1 amide bonds. The number of anilines is 1. The molecule has 1 unspecified atom stereocenters. The molecule has 1 aliphatic heterocycles. The van der Waals surface area contributed by atoms with Gasteiger partial charge in [0.1, 0.15) is 0 Å². The lowest BCUT2D eigenvalue weighted by molar-refractivity contribution is -0.117. The predicted octanol–water partition coefficient (Wildman–Crippen LogP) is 4.62. The summed E-state index contributed by atoms with van der Waals surface area (Å²) in [5.41, 5.74) is 4.04. The summed E-state index contributed by atoms with van der Waals surface area (Å²) in [4.78, 5) is 22.2. The number of halogens is 1. The zero-order valence-corrected chi connectivity index (χ0v) is 16.6. The van der Waals surface area contributed by atoms with Crippen LogP contribution < -0.4 is 4.90 Å². The van der Waals surface area contributed by atoms with Gasteiger partial charge in [0.25, 0.3) is 0 Å². The summed E-state index contributed by atoms with van der Waals surface area (Å²) in [6.07, 6.45) is 2.89. The number of para-hydroxylation sites is 1. The maximum absolute atomic E-state index is 12.6. The van der Waals surface area contributed by atoms with Crippen molar-refractivity contribution >= 4 is 34.1 Å². The Kier molecular flexibility index (Phi) is 4.36. The first-order valence-electron chi connectivity index (χ1n) is 9.52. The monoisotopic (exact) mass is 406 g/mol. The predicted molar refractivity (Wildman–Crippen MR) is 111 cm³/mol. The highest BCUT2D eigenvalue weighted by molar-refractivity contribution is 6.30. The van der Waals surface area contributed by atoms with Gasteiger partial charge in [-0.25, -0.2) is 0 Å². The summed E-state index contributed by atoms with van der Waals surface area (Å²) in [6.45, 7) is 2.49. The standard InChI is InChI=1S/C22H19ClN4O2/c1-13-8-16(23)6-7-19(13)27-12-15(10-21(27)28)22-25-20(29-26-22)9-14-11-24-18-5-3-2-4-17(14)18/h2-8,11,15,24H,9-10,12H2,1H3. The Morgan fingerprint density at radius 1 is 1.28 bits per heavy atom. The molecule has 0 aliphatic carbocycles. The molecule has 5 rings (SSSR count). The first-order valence-corrected chi connectivity index (χ1v) is 9.90. The van der Waals surface area contributed by atoms with Gasteiger partial charge >= 0.3 is 0 Å². The summed E-state index contributed by atoms with van der Waals surface area (Å²) in [5.74, 6) is 1.11. The number of aromatic amines is 1. The molecule has 0 spiro atoms. The number of aromatic nitrogens is 3. The zero-order valence-electron chi connectivity index (χ0n) is 15.9. The molecule has 0 bridgehead atoms. The Labute approximate surface area is 172 Å². The molecule has 1 saturated heterocycles. The smallest absolute Gasteiger partial charge is 0.231 e. The maximum atomic E-state index is 12.6. The number of hydrogen-bond acceptors (Lipinski definition) is 4. The normalized spacial score (nSPS) is 16.8. The van der Waals surface area contributed by atoms with Crippen LogP contribution in [0.15, 0.2) is 53.2 Å². The maximum Gasteiger partial charge on any atom is 0.231 e. The van der Waals surface area contributed by atoms with E-state index >= 15 is 0 Å². The SMILES string of the molecule is Cc1cc(Cl)ccc1N1CC(c2noc(Cc3c[nH]c4ccccc34)n2)CC1=O. The van der Waals surface area contributed by atoms with Crippen LogP contribution >= 0.6 is 11.6 Å². The number of benzene rings is 2. The van der Waals surface area contributed by atoms with Crippen LogP contribution in [0.5, 0.6) is 0 Å². The minimum atomic E-state index is -0.0851. The summed E-state index contributed by atoms with van der Waals surface area (Å²) in [5, 5.41) is 5.97. The van der Waals surface area contributed by atoms with Gasteiger partial charge in [-0.1, -0.05) is 35.0 Å². The van der Waals surface area contributed by atoms with E-state index in [1.165, 1.54) is 0 Å². The van der Waals surface area contributed by atoms with Gasteiger partial charge in [0.2, 0.25) is 11.8 Å². The van der Waals surface area contributed by atoms with Crippen LogP contribution in [0.25, 0.3) is 10.9 Å². The molecule has 0 radical (unpaired) electrons. The Balaban J connectivity index is 1.35. The van der Waals surface area contributed by atoms with Gasteiger partial charge in [-0.2, -0.15) is 4.98 Å². The Hall–Kier alpha value is -3.12. The number of nitrogens with zero attached hydrogens (tertiary/aromatic N) is 3. The average molecular weight is 407 g/mol. The molecule has 2 aromatic heterocycles. The fraction of sp³-hybridized carbons (Fsp3) is 0.227. The van der Waals surface area contributed by atoms with Gasteiger partial charge in [0, 0.05) is 46.7 Å². The molecule has 6 nitrogen and oxygen atoms in total. The van der Waals surface area contributed by atoms with Crippen LogP contribution in [0.4, 0.5) is 5.69 Å². The molecule has 3 heterocycles. The molecule has 1 N–H and O–H groups in total. The number of aryl methyl sites for hydroxylation is 1. The van der Waals surface area contributed by atoms with E-state index in [1.54, 1.807) is 11.0 Å². The van der Waals surface area contributed by atoms with Gasteiger partial charge in [-0.05, 0) is 42.3 Å². The van der Waals surface area contributed by atoms with Crippen molar-refractivity contribution in [3.8, 4) is 0 Å². The highest BCUT2D eigenvalue weighted by Gasteiger charge is 2.35. The van der Waals surface area contributed by atoms with E-state index in [-0.39, 0.29) is 11.8 Å². The minimum absolute atomic E-state index is 0.0587. The quantitative estimate of drug-likeness (QED) is 0.536. The number of amides is 1. The second-order valence-electron chi connectivity index (χ2n) is 7.42. The number of rotatable bonds is 4. The summed E-state index contributed by atoms with van der Waals surface area (Å²) < 4.78 is 5.49.